The third-order valence-electron chi connectivity index (χ3n) is 4.61. The fourth-order valence-corrected chi connectivity index (χ4v) is 4.06. The lowest BCUT2D eigenvalue weighted by Gasteiger charge is -2.22. The zero-order valence-corrected chi connectivity index (χ0v) is 17.1. The number of esters is 1. The number of carbonyl (C=O) groups is 3. The van der Waals surface area contributed by atoms with E-state index < -0.39 is 61.0 Å². The summed E-state index contributed by atoms with van der Waals surface area (Å²) in [6.45, 7) is 0.950. The quantitative estimate of drug-likeness (QED) is 0.235. The highest BCUT2D eigenvalue weighted by atomic mass is 127. The first kappa shape index (κ1) is 21.3. The van der Waals surface area contributed by atoms with Crippen molar-refractivity contribution in [1.29, 1.82) is 0 Å². The van der Waals surface area contributed by atoms with Crippen molar-refractivity contribution in [1.82, 2.24) is 19.5 Å². The number of rotatable bonds is 7. The predicted octanol–water partition coefficient (Wildman–Crippen LogP) is 1.21. The number of imidazole rings is 1. The van der Waals surface area contributed by atoms with Gasteiger partial charge in [-0.05, 0) is 22.6 Å². The molecule has 4 atom stereocenters. The van der Waals surface area contributed by atoms with Crippen molar-refractivity contribution in [2.24, 2.45) is 11.8 Å². The van der Waals surface area contributed by atoms with Gasteiger partial charge in [0.15, 0.2) is 5.65 Å². The van der Waals surface area contributed by atoms with Gasteiger partial charge in [0.05, 0.1) is 25.3 Å². The molecule has 1 aliphatic rings. The monoisotopic (exact) mass is 522 g/mol. The number of aliphatic carboxylic acids is 2. The third-order valence-corrected chi connectivity index (χ3v) is 5.36. The number of fused-ring (bicyclic) bond motifs is 1. The molecule has 0 aliphatic carbocycles. The van der Waals surface area contributed by atoms with Gasteiger partial charge in [0.25, 0.3) is 0 Å². The molecule has 1 aliphatic heterocycles. The molecular formula is C16H16FIN4O7. The van der Waals surface area contributed by atoms with E-state index in [-0.39, 0.29) is 16.0 Å². The molecule has 0 saturated carbocycles. The standard InChI is InChI=1S/C16H16FIN4O7/c1-6(23)28-4-9-7(2-10(24)25)8(3-11(26)27)15(29-9)22-5-19-12-13(18)20-16(17)21-14(12)22/h5,7-9,15H,2-4H2,1H3,(H,24,25)(H,26,27)/t7-,8+,9+,15-/m1/s1. The maximum absolute atomic E-state index is 13.7. The van der Waals surface area contributed by atoms with Crippen molar-refractivity contribution >= 4 is 51.7 Å². The molecule has 0 unspecified atom stereocenters. The number of aromatic nitrogens is 4. The lowest BCUT2D eigenvalue weighted by Crippen LogP contribution is -2.29. The minimum absolute atomic E-state index is 0.0875. The molecule has 0 radical (unpaired) electrons. The molecule has 1 saturated heterocycles. The van der Waals surface area contributed by atoms with Gasteiger partial charge >= 0.3 is 24.0 Å². The molecule has 29 heavy (non-hydrogen) atoms. The van der Waals surface area contributed by atoms with E-state index in [0.29, 0.717) is 5.52 Å². The summed E-state index contributed by atoms with van der Waals surface area (Å²) in [6.07, 6.45) is -2.35. The Hall–Kier alpha value is -2.42. The zero-order chi connectivity index (χ0) is 21.3. The molecule has 1 fully saturated rings. The van der Waals surface area contributed by atoms with Gasteiger partial charge in [-0.25, -0.2) is 4.98 Å². The lowest BCUT2D eigenvalue weighted by atomic mass is 9.84. The summed E-state index contributed by atoms with van der Waals surface area (Å²) in [6, 6.07) is 0. The molecule has 156 valence electrons. The first-order valence-corrected chi connectivity index (χ1v) is 9.53. The number of carbonyl (C=O) groups excluding carboxylic acids is 1. The Labute approximate surface area is 176 Å². The molecular weight excluding hydrogens is 506 g/mol. The van der Waals surface area contributed by atoms with E-state index in [4.69, 9.17) is 9.47 Å². The van der Waals surface area contributed by atoms with Gasteiger partial charge in [-0.15, -0.1) is 0 Å². The molecule has 3 heterocycles. The Morgan fingerprint density at radius 3 is 2.52 bits per heavy atom. The average Bonchev–Trinajstić information content (AvgIpc) is 3.15. The van der Waals surface area contributed by atoms with E-state index in [9.17, 15) is 29.0 Å². The Kier molecular flexibility index (Phi) is 6.26. The van der Waals surface area contributed by atoms with Crippen molar-refractivity contribution in [3.8, 4) is 0 Å². The third kappa shape index (κ3) is 4.60. The molecule has 0 aromatic carbocycles. The first-order valence-electron chi connectivity index (χ1n) is 8.45. The topological polar surface area (TPSA) is 154 Å². The van der Waals surface area contributed by atoms with Crippen LogP contribution in [0.5, 0.6) is 0 Å². The van der Waals surface area contributed by atoms with Crippen LogP contribution in [-0.4, -0.2) is 60.4 Å². The van der Waals surface area contributed by atoms with E-state index in [1.54, 1.807) is 22.6 Å². The Balaban J connectivity index is 2.04. The Morgan fingerprint density at radius 1 is 1.24 bits per heavy atom. The van der Waals surface area contributed by atoms with Gasteiger partial charge in [-0.3, -0.25) is 19.0 Å². The van der Waals surface area contributed by atoms with E-state index in [0.717, 1.165) is 0 Å². The van der Waals surface area contributed by atoms with Crippen LogP contribution in [0.25, 0.3) is 11.2 Å². The second-order valence-electron chi connectivity index (χ2n) is 6.50. The second-order valence-corrected chi connectivity index (χ2v) is 7.52. The number of nitrogens with zero attached hydrogens (tertiary/aromatic N) is 4. The number of hydrogen-bond donors (Lipinski definition) is 2. The number of ether oxygens (including phenoxy) is 2. The molecule has 0 spiro atoms. The summed E-state index contributed by atoms with van der Waals surface area (Å²) in [4.78, 5) is 45.5. The maximum Gasteiger partial charge on any atom is 0.311 e. The first-order chi connectivity index (χ1) is 13.7. The van der Waals surface area contributed by atoms with Crippen molar-refractivity contribution in [3.05, 3.63) is 16.1 Å². The van der Waals surface area contributed by atoms with Crippen LogP contribution in [0, 0.1) is 21.6 Å². The molecule has 2 N–H and O–H groups in total. The summed E-state index contributed by atoms with van der Waals surface area (Å²) >= 11 is 1.79. The van der Waals surface area contributed by atoms with Crippen LogP contribution < -0.4 is 0 Å². The minimum Gasteiger partial charge on any atom is -0.481 e. The van der Waals surface area contributed by atoms with Crippen molar-refractivity contribution in [3.63, 3.8) is 0 Å². The molecule has 3 rings (SSSR count). The van der Waals surface area contributed by atoms with Crippen LogP contribution >= 0.6 is 22.6 Å². The fourth-order valence-electron chi connectivity index (χ4n) is 3.48. The summed E-state index contributed by atoms with van der Waals surface area (Å²) in [7, 11) is 0. The molecule has 2 aromatic heterocycles. The fraction of sp³-hybridized carbons (Fsp3) is 0.500. The Morgan fingerprint density at radius 2 is 1.90 bits per heavy atom. The van der Waals surface area contributed by atoms with Gasteiger partial charge in [-0.2, -0.15) is 14.4 Å². The number of carboxylic acids is 2. The number of halogens is 2. The van der Waals surface area contributed by atoms with E-state index in [2.05, 4.69) is 15.0 Å². The van der Waals surface area contributed by atoms with Gasteiger partial charge in [0.1, 0.15) is 22.1 Å². The van der Waals surface area contributed by atoms with Gasteiger partial charge in [0, 0.05) is 18.8 Å². The summed E-state index contributed by atoms with van der Waals surface area (Å²) in [5.41, 5.74) is 0.382. The van der Waals surface area contributed by atoms with Crippen LogP contribution in [-0.2, 0) is 23.9 Å². The smallest absolute Gasteiger partial charge is 0.311 e. The van der Waals surface area contributed by atoms with Crippen molar-refractivity contribution in [2.45, 2.75) is 32.1 Å². The van der Waals surface area contributed by atoms with E-state index in [1.165, 1.54) is 17.8 Å². The highest BCUT2D eigenvalue weighted by Crippen LogP contribution is 2.44. The maximum atomic E-state index is 13.7. The van der Waals surface area contributed by atoms with Crippen LogP contribution in [0.3, 0.4) is 0 Å². The highest BCUT2D eigenvalue weighted by Gasteiger charge is 2.48. The van der Waals surface area contributed by atoms with Crippen LogP contribution in [0.15, 0.2) is 6.33 Å². The van der Waals surface area contributed by atoms with E-state index >= 15 is 0 Å². The molecule has 0 amide bonds. The van der Waals surface area contributed by atoms with Crippen molar-refractivity contribution < 1.29 is 38.5 Å². The average molecular weight is 522 g/mol. The largest absolute Gasteiger partial charge is 0.481 e. The summed E-state index contributed by atoms with van der Waals surface area (Å²) < 4.78 is 26.2. The normalized spacial score (nSPS) is 24.0. The SMILES string of the molecule is CC(=O)OC[C@@H]1O[C@@H](n2cnc3c(I)nc(F)nc32)[C@@H](CC(=O)O)[C@H]1CC(=O)O. The minimum atomic E-state index is -1.16. The van der Waals surface area contributed by atoms with Gasteiger partial charge in [0.2, 0.25) is 0 Å². The number of carboxylic acid groups (broad SMARTS) is 2. The van der Waals surface area contributed by atoms with Gasteiger partial charge in [-0.1, -0.05) is 0 Å². The second kappa shape index (κ2) is 8.52. The zero-order valence-electron chi connectivity index (χ0n) is 15.0. The highest BCUT2D eigenvalue weighted by molar-refractivity contribution is 14.1. The van der Waals surface area contributed by atoms with Crippen molar-refractivity contribution in [2.75, 3.05) is 6.61 Å². The van der Waals surface area contributed by atoms with Crippen LogP contribution in [0.2, 0.25) is 0 Å². The Bertz CT molecular complexity index is 968. The molecule has 2 aromatic rings. The van der Waals surface area contributed by atoms with Gasteiger partial charge < -0.3 is 19.7 Å². The van der Waals surface area contributed by atoms with E-state index in [1.807, 2.05) is 0 Å². The molecule has 0 bridgehead atoms. The molecule has 13 heteroatoms. The summed E-state index contributed by atoms with van der Waals surface area (Å²) in [5.74, 6) is -4.47. The van der Waals surface area contributed by atoms with Crippen LogP contribution in [0.1, 0.15) is 26.0 Å². The van der Waals surface area contributed by atoms with Crippen LogP contribution in [0.4, 0.5) is 4.39 Å². The predicted molar refractivity (Wildman–Crippen MR) is 100 cm³/mol. The summed E-state index contributed by atoms with van der Waals surface area (Å²) in [5, 5.41) is 18.6. The molecule has 11 nitrogen and oxygen atoms in total. The number of hydrogen-bond acceptors (Lipinski definition) is 8. The lowest BCUT2D eigenvalue weighted by molar-refractivity contribution is -0.147.